The van der Waals surface area contributed by atoms with Crippen LogP contribution in [0.3, 0.4) is 0 Å². The zero-order chi connectivity index (χ0) is 19.8. The molecule has 1 N–H and O–H groups in total. The van der Waals surface area contributed by atoms with Gasteiger partial charge in [0.25, 0.3) is 17.7 Å². The van der Waals surface area contributed by atoms with Gasteiger partial charge in [0, 0.05) is 30.9 Å². The number of benzene rings is 2. The van der Waals surface area contributed by atoms with Crippen LogP contribution in [-0.4, -0.2) is 27.5 Å². The molecule has 7 nitrogen and oxygen atoms in total. The third-order valence-electron chi connectivity index (χ3n) is 4.72. The van der Waals surface area contributed by atoms with Crippen molar-refractivity contribution in [3.05, 3.63) is 82.7 Å². The molecule has 0 unspecified atom stereocenters. The van der Waals surface area contributed by atoms with Gasteiger partial charge < -0.3 is 5.32 Å². The first-order valence-electron chi connectivity index (χ1n) is 8.81. The number of aryl methyl sites for hydroxylation is 2. The van der Waals surface area contributed by atoms with Gasteiger partial charge in [-0.1, -0.05) is 18.2 Å². The second-order valence-electron chi connectivity index (χ2n) is 6.64. The van der Waals surface area contributed by atoms with Gasteiger partial charge in [0.2, 0.25) is 0 Å². The Labute approximate surface area is 161 Å². The monoisotopic (exact) mass is 374 g/mol. The van der Waals surface area contributed by atoms with Gasteiger partial charge in [-0.05, 0) is 37.3 Å². The second kappa shape index (κ2) is 6.77. The summed E-state index contributed by atoms with van der Waals surface area (Å²) in [6.07, 6.45) is 1.85. The molecule has 1 aromatic heterocycles. The molecule has 3 amide bonds. The third kappa shape index (κ3) is 2.96. The van der Waals surface area contributed by atoms with Gasteiger partial charge in [0.05, 0.1) is 22.5 Å². The standard InChI is InChI=1S/C21H18N4O3/c1-13-15(12-24(2)23-13)11-22-19(26)14-6-5-7-16(10-14)25-20(27)17-8-3-4-9-18(17)21(25)28/h3-10,12H,11H2,1-2H3,(H,22,26). The molecule has 0 saturated carbocycles. The number of fused-ring (bicyclic) bond motifs is 1. The van der Waals surface area contributed by atoms with E-state index in [1.807, 2.05) is 20.2 Å². The highest BCUT2D eigenvalue weighted by molar-refractivity contribution is 6.34. The fourth-order valence-corrected chi connectivity index (χ4v) is 3.31. The number of carbonyl (C=O) groups excluding carboxylic acids is 3. The van der Waals surface area contributed by atoms with Crippen LogP contribution < -0.4 is 10.2 Å². The Kier molecular flexibility index (Phi) is 4.27. The van der Waals surface area contributed by atoms with Crippen molar-refractivity contribution in [1.82, 2.24) is 15.1 Å². The molecule has 0 radical (unpaired) electrons. The third-order valence-corrected chi connectivity index (χ3v) is 4.72. The van der Waals surface area contributed by atoms with Crippen molar-refractivity contribution in [2.75, 3.05) is 4.90 Å². The van der Waals surface area contributed by atoms with Crippen LogP contribution in [0.4, 0.5) is 5.69 Å². The number of rotatable bonds is 4. The first-order chi connectivity index (χ1) is 13.5. The fourth-order valence-electron chi connectivity index (χ4n) is 3.31. The number of anilines is 1. The van der Waals surface area contributed by atoms with Crippen LogP contribution in [0, 0.1) is 6.92 Å². The van der Waals surface area contributed by atoms with Crippen molar-refractivity contribution in [1.29, 1.82) is 0 Å². The highest BCUT2D eigenvalue weighted by atomic mass is 16.2. The molecule has 140 valence electrons. The molecule has 0 spiro atoms. The van der Waals surface area contributed by atoms with E-state index in [1.54, 1.807) is 53.2 Å². The summed E-state index contributed by atoms with van der Waals surface area (Å²) in [5.41, 5.74) is 3.26. The molecule has 28 heavy (non-hydrogen) atoms. The molecule has 4 rings (SSSR count). The van der Waals surface area contributed by atoms with E-state index in [1.165, 1.54) is 0 Å². The van der Waals surface area contributed by atoms with Gasteiger partial charge in [0.15, 0.2) is 0 Å². The maximum absolute atomic E-state index is 12.6. The SMILES string of the molecule is Cc1nn(C)cc1CNC(=O)c1cccc(N2C(=O)c3ccccc3C2=O)c1. The van der Waals surface area contributed by atoms with E-state index in [2.05, 4.69) is 10.4 Å². The predicted molar refractivity (Wildman–Crippen MR) is 103 cm³/mol. The predicted octanol–water partition coefficient (Wildman–Crippen LogP) is 2.46. The summed E-state index contributed by atoms with van der Waals surface area (Å²) in [5.74, 6) is -1.06. The highest BCUT2D eigenvalue weighted by Crippen LogP contribution is 2.28. The molecule has 1 aliphatic heterocycles. The molecule has 2 aromatic carbocycles. The van der Waals surface area contributed by atoms with Crippen molar-refractivity contribution in [2.24, 2.45) is 7.05 Å². The average Bonchev–Trinajstić information content (AvgIpc) is 3.15. The van der Waals surface area contributed by atoms with Crippen molar-refractivity contribution in [3.8, 4) is 0 Å². The number of nitrogens with zero attached hydrogens (tertiary/aromatic N) is 3. The number of imide groups is 1. The van der Waals surface area contributed by atoms with E-state index >= 15 is 0 Å². The zero-order valence-electron chi connectivity index (χ0n) is 15.5. The first-order valence-corrected chi connectivity index (χ1v) is 8.81. The molecular formula is C21H18N4O3. The molecule has 2 heterocycles. The maximum atomic E-state index is 12.6. The van der Waals surface area contributed by atoms with E-state index in [-0.39, 0.29) is 17.7 Å². The average molecular weight is 374 g/mol. The molecule has 0 aliphatic carbocycles. The minimum atomic E-state index is -0.385. The largest absolute Gasteiger partial charge is 0.348 e. The summed E-state index contributed by atoms with van der Waals surface area (Å²) in [4.78, 5) is 38.9. The Morgan fingerprint density at radius 3 is 2.32 bits per heavy atom. The molecule has 1 aliphatic rings. The number of hydrogen-bond acceptors (Lipinski definition) is 4. The molecule has 3 aromatic rings. The minimum absolute atomic E-state index is 0.290. The number of nitrogens with one attached hydrogen (secondary N) is 1. The molecular weight excluding hydrogens is 356 g/mol. The second-order valence-corrected chi connectivity index (χ2v) is 6.64. The van der Waals surface area contributed by atoms with Crippen LogP contribution >= 0.6 is 0 Å². The van der Waals surface area contributed by atoms with E-state index in [0.29, 0.717) is 28.9 Å². The van der Waals surface area contributed by atoms with Crippen LogP contribution in [0.1, 0.15) is 42.3 Å². The Morgan fingerprint density at radius 2 is 1.71 bits per heavy atom. The number of aromatic nitrogens is 2. The maximum Gasteiger partial charge on any atom is 0.266 e. The van der Waals surface area contributed by atoms with Gasteiger partial charge in [-0.25, -0.2) is 4.90 Å². The Morgan fingerprint density at radius 1 is 1.04 bits per heavy atom. The van der Waals surface area contributed by atoms with Crippen molar-refractivity contribution < 1.29 is 14.4 Å². The Bertz CT molecular complexity index is 1080. The van der Waals surface area contributed by atoms with Crippen molar-refractivity contribution in [2.45, 2.75) is 13.5 Å². The van der Waals surface area contributed by atoms with E-state index < -0.39 is 0 Å². The lowest BCUT2D eigenvalue weighted by molar-refractivity contribution is 0.0919. The summed E-state index contributed by atoms with van der Waals surface area (Å²) in [6, 6.07) is 13.2. The smallest absolute Gasteiger partial charge is 0.266 e. The fraction of sp³-hybridized carbons (Fsp3) is 0.143. The summed E-state index contributed by atoms with van der Waals surface area (Å²) >= 11 is 0. The molecule has 0 saturated heterocycles. The summed E-state index contributed by atoms with van der Waals surface area (Å²) < 4.78 is 1.69. The van der Waals surface area contributed by atoms with Gasteiger partial charge in [-0.15, -0.1) is 0 Å². The van der Waals surface area contributed by atoms with Crippen LogP contribution in [0.5, 0.6) is 0 Å². The Balaban J connectivity index is 1.55. The lowest BCUT2D eigenvalue weighted by Crippen LogP contribution is -2.30. The summed E-state index contributed by atoms with van der Waals surface area (Å²) in [6.45, 7) is 2.22. The van der Waals surface area contributed by atoms with Crippen LogP contribution in [-0.2, 0) is 13.6 Å². The lowest BCUT2D eigenvalue weighted by atomic mass is 10.1. The van der Waals surface area contributed by atoms with E-state index in [0.717, 1.165) is 16.2 Å². The van der Waals surface area contributed by atoms with Gasteiger partial charge >= 0.3 is 0 Å². The topological polar surface area (TPSA) is 84.3 Å². The minimum Gasteiger partial charge on any atom is -0.348 e. The first kappa shape index (κ1) is 17.7. The van der Waals surface area contributed by atoms with Gasteiger partial charge in [-0.2, -0.15) is 5.10 Å². The van der Waals surface area contributed by atoms with E-state index in [4.69, 9.17) is 0 Å². The van der Waals surface area contributed by atoms with Gasteiger partial charge in [0.1, 0.15) is 0 Å². The van der Waals surface area contributed by atoms with Crippen molar-refractivity contribution in [3.63, 3.8) is 0 Å². The summed E-state index contributed by atoms with van der Waals surface area (Å²) in [7, 11) is 1.82. The quantitative estimate of drug-likeness (QED) is 0.711. The van der Waals surface area contributed by atoms with Gasteiger partial charge in [-0.3, -0.25) is 19.1 Å². The molecule has 0 bridgehead atoms. The number of hydrogen-bond donors (Lipinski definition) is 1. The highest BCUT2D eigenvalue weighted by Gasteiger charge is 2.36. The number of amides is 3. The number of carbonyl (C=O) groups is 3. The van der Waals surface area contributed by atoms with Crippen LogP contribution in [0.15, 0.2) is 54.7 Å². The normalized spacial score (nSPS) is 13.0. The lowest BCUT2D eigenvalue weighted by Gasteiger charge is -2.15. The van der Waals surface area contributed by atoms with Crippen LogP contribution in [0.2, 0.25) is 0 Å². The van der Waals surface area contributed by atoms with Crippen molar-refractivity contribution >= 4 is 23.4 Å². The molecule has 0 fully saturated rings. The molecule has 0 atom stereocenters. The van der Waals surface area contributed by atoms with E-state index in [9.17, 15) is 14.4 Å². The zero-order valence-corrected chi connectivity index (χ0v) is 15.5. The molecule has 7 heteroatoms. The summed E-state index contributed by atoms with van der Waals surface area (Å²) in [5, 5.41) is 7.09. The Hall–Kier alpha value is -3.74. The van der Waals surface area contributed by atoms with Crippen LogP contribution in [0.25, 0.3) is 0 Å².